The summed E-state index contributed by atoms with van der Waals surface area (Å²) >= 11 is 0. The Balaban J connectivity index is 2.11. The number of fused-ring (bicyclic) bond motifs is 1. The van der Waals surface area contributed by atoms with Crippen LogP contribution >= 0.6 is 0 Å². The van der Waals surface area contributed by atoms with Crippen LogP contribution in [0.15, 0.2) is 30.5 Å². The van der Waals surface area contributed by atoms with E-state index in [1.165, 1.54) is 16.5 Å². The lowest BCUT2D eigenvalue weighted by Crippen LogP contribution is -2.44. The number of ether oxygens (including phenoxy) is 1. The first-order valence-electron chi connectivity index (χ1n) is 7.52. The molecule has 1 aromatic carbocycles. The lowest BCUT2D eigenvalue weighted by atomic mass is 10.0. The van der Waals surface area contributed by atoms with E-state index in [9.17, 15) is 4.79 Å². The van der Waals surface area contributed by atoms with Gasteiger partial charge in [-0.2, -0.15) is 0 Å². The van der Waals surface area contributed by atoms with Gasteiger partial charge < -0.3 is 20.4 Å². The molecule has 0 saturated heterocycles. The Morgan fingerprint density at radius 2 is 2.09 bits per heavy atom. The molecule has 2 rings (SSSR count). The first-order valence-corrected chi connectivity index (χ1v) is 7.52. The minimum absolute atomic E-state index is 0.152. The second-order valence-corrected chi connectivity index (χ2v) is 6.56. The fourth-order valence-electron chi connectivity index (χ4n) is 2.48. The van der Waals surface area contributed by atoms with Crippen LogP contribution in [0.2, 0.25) is 0 Å². The summed E-state index contributed by atoms with van der Waals surface area (Å²) in [4.78, 5) is 11.9. The van der Waals surface area contributed by atoms with Crippen molar-refractivity contribution in [3.63, 3.8) is 0 Å². The molecule has 1 atom stereocenters. The summed E-state index contributed by atoms with van der Waals surface area (Å²) < 4.78 is 7.37. The smallest absolute Gasteiger partial charge is 0.407 e. The van der Waals surface area contributed by atoms with E-state index < -0.39 is 11.7 Å². The number of rotatable bonds is 4. The third kappa shape index (κ3) is 4.01. The summed E-state index contributed by atoms with van der Waals surface area (Å²) in [5.41, 5.74) is 7.64. The standard InChI is InChI=1S/C17H25N3O2/c1-17(2,3)22-16(21)19-13(11-18)10-12-6-5-7-15-14(12)8-9-20(15)4/h5-9,13H,10-11,18H2,1-4H3,(H,19,21). The lowest BCUT2D eigenvalue weighted by Gasteiger charge is -2.23. The highest BCUT2D eigenvalue weighted by Gasteiger charge is 2.19. The molecule has 3 N–H and O–H groups in total. The summed E-state index contributed by atoms with van der Waals surface area (Å²) in [6, 6.07) is 8.12. The number of benzene rings is 1. The van der Waals surface area contributed by atoms with Gasteiger partial charge >= 0.3 is 6.09 Å². The van der Waals surface area contributed by atoms with E-state index in [-0.39, 0.29) is 6.04 Å². The Bertz CT molecular complexity index is 655. The van der Waals surface area contributed by atoms with Gasteiger partial charge in [-0.05, 0) is 44.9 Å². The Kier molecular flexibility index (Phi) is 4.76. The van der Waals surface area contributed by atoms with E-state index in [1.54, 1.807) is 0 Å². The van der Waals surface area contributed by atoms with Gasteiger partial charge in [-0.3, -0.25) is 0 Å². The highest BCUT2D eigenvalue weighted by atomic mass is 16.6. The first-order chi connectivity index (χ1) is 10.3. The Labute approximate surface area is 131 Å². The van der Waals surface area contributed by atoms with Crippen LogP contribution in [0.25, 0.3) is 10.9 Å². The number of hydrogen-bond acceptors (Lipinski definition) is 3. The van der Waals surface area contributed by atoms with Crippen molar-refractivity contribution in [1.29, 1.82) is 0 Å². The van der Waals surface area contributed by atoms with Crippen molar-refractivity contribution in [2.24, 2.45) is 12.8 Å². The van der Waals surface area contributed by atoms with Crippen molar-refractivity contribution in [1.82, 2.24) is 9.88 Å². The van der Waals surface area contributed by atoms with Crippen LogP contribution in [0.1, 0.15) is 26.3 Å². The number of aryl methyl sites for hydroxylation is 1. The van der Waals surface area contributed by atoms with Crippen LogP contribution < -0.4 is 11.1 Å². The molecule has 120 valence electrons. The molecule has 0 aliphatic rings. The van der Waals surface area contributed by atoms with E-state index in [0.717, 1.165) is 0 Å². The maximum Gasteiger partial charge on any atom is 0.407 e. The van der Waals surface area contributed by atoms with Gasteiger partial charge in [0.2, 0.25) is 0 Å². The molecule has 1 heterocycles. The molecule has 22 heavy (non-hydrogen) atoms. The molecule has 0 radical (unpaired) electrons. The average molecular weight is 303 g/mol. The number of carbonyl (C=O) groups excluding carboxylic acids is 1. The van der Waals surface area contributed by atoms with Crippen LogP contribution in [0, 0.1) is 0 Å². The summed E-state index contributed by atoms with van der Waals surface area (Å²) in [5, 5.41) is 4.04. The van der Waals surface area contributed by atoms with Crippen molar-refractivity contribution in [3.05, 3.63) is 36.0 Å². The summed E-state index contributed by atoms with van der Waals surface area (Å²) in [7, 11) is 2.02. The molecular weight excluding hydrogens is 278 g/mol. The van der Waals surface area contributed by atoms with Crippen LogP contribution in [0.3, 0.4) is 0 Å². The van der Waals surface area contributed by atoms with Gasteiger partial charge in [0.1, 0.15) is 5.60 Å². The van der Waals surface area contributed by atoms with Crippen LogP contribution in [0.4, 0.5) is 4.79 Å². The summed E-state index contributed by atoms with van der Waals surface area (Å²) in [6.07, 6.45) is 2.28. The Hall–Kier alpha value is -2.01. The number of aromatic nitrogens is 1. The zero-order valence-corrected chi connectivity index (χ0v) is 13.7. The molecule has 0 aliphatic carbocycles. The van der Waals surface area contributed by atoms with E-state index in [1.807, 2.05) is 40.1 Å². The Morgan fingerprint density at radius 1 is 1.36 bits per heavy atom. The normalized spacial score (nSPS) is 13.1. The number of hydrogen-bond donors (Lipinski definition) is 2. The second kappa shape index (κ2) is 6.40. The van der Waals surface area contributed by atoms with Crippen LogP contribution in [-0.2, 0) is 18.2 Å². The number of nitrogens with two attached hydrogens (primary N) is 1. The van der Waals surface area contributed by atoms with Gasteiger partial charge in [-0.25, -0.2) is 4.79 Å². The van der Waals surface area contributed by atoms with Gasteiger partial charge in [0.05, 0.1) is 0 Å². The molecule has 5 heteroatoms. The molecule has 5 nitrogen and oxygen atoms in total. The fraction of sp³-hybridized carbons (Fsp3) is 0.471. The molecule has 1 amide bonds. The minimum atomic E-state index is -0.511. The van der Waals surface area contributed by atoms with Crippen LogP contribution in [-0.4, -0.2) is 28.8 Å². The molecule has 1 aromatic heterocycles. The third-order valence-electron chi connectivity index (χ3n) is 3.49. The zero-order valence-electron chi connectivity index (χ0n) is 13.7. The highest BCUT2D eigenvalue weighted by Crippen LogP contribution is 2.20. The maximum absolute atomic E-state index is 11.9. The summed E-state index contributed by atoms with van der Waals surface area (Å²) in [6.45, 7) is 5.89. The Morgan fingerprint density at radius 3 is 2.73 bits per heavy atom. The predicted molar refractivity (Wildman–Crippen MR) is 88.8 cm³/mol. The van der Waals surface area contributed by atoms with Crippen LogP contribution in [0.5, 0.6) is 0 Å². The van der Waals surface area contributed by atoms with Gasteiger partial charge in [0.25, 0.3) is 0 Å². The predicted octanol–water partition coefficient (Wildman–Crippen LogP) is 2.57. The van der Waals surface area contributed by atoms with Crippen molar-refractivity contribution in [3.8, 4) is 0 Å². The molecule has 0 saturated carbocycles. The first kappa shape index (κ1) is 16.4. The van der Waals surface area contributed by atoms with Gasteiger partial charge in [0, 0.05) is 36.7 Å². The van der Waals surface area contributed by atoms with Crippen molar-refractivity contribution in [2.45, 2.75) is 38.8 Å². The van der Waals surface area contributed by atoms with Crippen molar-refractivity contribution < 1.29 is 9.53 Å². The lowest BCUT2D eigenvalue weighted by molar-refractivity contribution is 0.0506. The van der Waals surface area contributed by atoms with Gasteiger partial charge in [-0.15, -0.1) is 0 Å². The minimum Gasteiger partial charge on any atom is -0.444 e. The number of nitrogens with one attached hydrogen (secondary N) is 1. The molecule has 0 fully saturated rings. The van der Waals surface area contributed by atoms with E-state index in [0.29, 0.717) is 13.0 Å². The number of nitrogens with zero attached hydrogens (tertiary/aromatic N) is 1. The number of carbonyl (C=O) groups is 1. The molecule has 0 aliphatic heterocycles. The zero-order chi connectivity index (χ0) is 16.3. The quantitative estimate of drug-likeness (QED) is 0.912. The third-order valence-corrected chi connectivity index (χ3v) is 3.49. The van der Waals surface area contributed by atoms with Crippen molar-refractivity contribution in [2.75, 3.05) is 6.54 Å². The average Bonchev–Trinajstić information content (AvgIpc) is 2.79. The SMILES string of the molecule is Cn1ccc2c(CC(CN)NC(=O)OC(C)(C)C)cccc21. The molecule has 2 aromatic rings. The van der Waals surface area contributed by atoms with Gasteiger partial charge in [0.15, 0.2) is 0 Å². The molecular formula is C17H25N3O2. The topological polar surface area (TPSA) is 69.3 Å². The van der Waals surface area contributed by atoms with Crippen molar-refractivity contribution >= 4 is 17.0 Å². The maximum atomic E-state index is 11.9. The van der Waals surface area contributed by atoms with E-state index in [2.05, 4.69) is 28.1 Å². The molecule has 1 unspecified atom stereocenters. The molecule has 0 bridgehead atoms. The van der Waals surface area contributed by atoms with E-state index in [4.69, 9.17) is 10.5 Å². The second-order valence-electron chi connectivity index (χ2n) is 6.56. The summed E-state index contributed by atoms with van der Waals surface area (Å²) in [5.74, 6) is 0. The number of amides is 1. The fourth-order valence-corrected chi connectivity index (χ4v) is 2.48. The highest BCUT2D eigenvalue weighted by molar-refractivity contribution is 5.83. The largest absolute Gasteiger partial charge is 0.444 e. The number of alkyl carbamates (subject to hydrolysis) is 1. The molecule has 0 spiro atoms. The van der Waals surface area contributed by atoms with E-state index >= 15 is 0 Å². The monoisotopic (exact) mass is 303 g/mol. The van der Waals surface area contributed by atoms with Gasteiger partial charge in [-0.1, -0.05) is 12.1 Å².